The van der Waals surface area contributed by atoms with E-state index >= 15 is 0 Å². The standard InChI is InChI=1S/C10H14OS/c1-2-8(11)10-6-7-4-3-5-9(7)12-10/h6,8,11H,2-5H2,1H3. The van der Waals surface area contributed by atoms with E-state index in [0.717, 1.165) is 6.42 Å². The summed E-state index contributed by atoms with van der Waals surface area (Å²) in [4.78, 5) is 2.68. The van der Waals surface area contributed by atoms with Crippen LogP contribution in [-0.2, 0) is 12.8 Å². The van der Waals surface area contributed by atoms with E-state index in [1.165, 1.54) is 34.6 Å². The largest absolute Gasteiger partial charge is 0.388 e. The Bertz CT molecular complexity index is 256. The topological polar surface area (TPSA) is 20.2 Å². The highest BCUT2D eigenvalue weighted by Crippen LogP contribution is 2.34. The molecule has 12 heavy (non-hydrogen) atoms. The average Bonchev–Trinajstić information content (AvgIpc) is 2.60. The molecule has 1 aliphatic rings. The first kappa shape index (κ1) is 8.27. The number of aliphatic hydroxyl groups excluding tert-OH is 1. The van der Waals surface area contributed by atoms with Crippen molar-refractivity contribution in [2.75, 3.05) is 0 Å². The van der Waals surface area contributed by atoms with E-state index in [4.69, 9.17) is 0 Å². The highest BCUT2D eigenvalue weighted by atomic mass is 32.1. The van der Waals surface area contributed by atoms with Crippen LogP contribution in [0.1, 0.15) is 41.2 Å². The van der Waals surface area contributed by atoms with Crippen molar-refractivity contribution in [2.45, 2.75) is 38.7 Å². The van der Waals surface area contributed by atoms with Gasteiger partial charge in [-0.15, -0.1) is 11.3 Å². The molecule has 1 aliphatic carbocycles. The lowest BCUT2D eigenvalue weighted by Crippen LogP contribution is -1.90. The van der Waals surface area contributed by atoms with Crippen molar-refractivity contribution in [3.63, 3.8) is 0 Å². The van der Waals surface area contributed by atoms with Crippen LogP contribution in [-0.4, -0.2) is 5.11 Å². The SMILES string of the molecule is CCC(O)c1cc2c(s1)CCC2. The average molecular weight is 182 g/mol. The molecule has 0 fully saturated rings. The van der Waals surface area contributed by atoms with Crippen molar-refractivity contribution in [1.82, 2.24) is 0 Å². The van der Waals surface area contributed by atoms with Gasteiger partial charge in [0.15, 0.2) is 0 Å². The highest BCUT2D eigenvalue weighted by molar-refractivity contribution is 7.12. The van der Waals surface area contributed by atoms with Gasteiger partial charge in [-0.1, -0.05) is 6.92 Å². The molecule has 0 aromatic carbocycles. The maximum Gasteiger partial charge on any atom is 0.0879 e. The molecule has 2 rings (SSSR count). The summed E-state index contributed by atoms with van der Waals surface area (Å²) in [6.45, 7) is 2.02. The van der Waals surface area contributed by atoms with Gasteiger partial charge in [-0.3, -0.25) is 0 Å². The molecule has 2 heteroatoms. The fourth-order valence-electron chi connectivity index (χ4n) is 1.72. The smallest absolute Gasteiger partial charge is 0.0879 e. The third-order valence-electron chi connectivity index (χ3n) is 2.48. The zero-order chi connectivity index (χ0) is 8.55. The summed E-state index contributed by atoms with van der Waals surface area (Å²) in [7, 11) is 0. The molecule has 0 spiro atoms. The molecule has 1 aromatic heterocycles. The molecule has 1 unspecified atom stereocenters. The minimum absolute atomic E-state index is 0.222. The summed E-state index contributed by atoms with van der Waals surface area (Å²) in [5, 5.41) is 9.60. The van der Waals surface area contributed by atoms with Gasteiger partial charge in [0.05, 0.1) is 6.10 Å². The second-order valence-corrected chi connectivity index (χ2v) is 4.54. The number of rotatable bonds is 2. The Balaban J connectivity index is 2.25. The molecule has 0 radical (unpaired) electrons. The van der Waals surface area contributed by atoms with Gasteiger partial charge in [0, 0.05) is 9.75 Å². The summed E-state index contributed by atoms with van der Waals surface area (Å²) in [6.07, 6.45) is 4.38. The van der Waals surface area contributed by atoms with Crippen molar-refractivity contribution in [1.29, 1.82) is 0 Å². The van der Waals surface area contributed by atoms with Crippen molar-refractivity contribution in [2.24, 2.45) is 0 Å². The van der Waals surface area contributed by atoms with E-state index in [-0.39, 0.29) is 6.10 Å². The summed E-state index contributed by atoms with van der Waals surface area (Å²) in [5.41, 5.74) is 1.49. The van der Waals surface area contributed by atoms with E-state index in [1.54, 1.807) is 11.3 Å². The summed E-state index contributed by atoms with van der Waals surface area (Å²) in [5.74, 6) is 0. The Kier molecular flexibility index (Phi) is 2.20. The molecule has 0 saturated heterocycles. The zero-order valence-electron chi connectivity index (χ0n) is 7.34. The van der Waals surface area contributed by atoms with E-state index in [0.29, 0.717) is 0 Å². The van der Waals surface area contributed by atoms with E-state index < -0.39 is 0 Å². The van der Waals surface area contributed by atoms with Crippen LogP contribution in [0.15, 0.2) is 6.07 Å². The molecule has 0 aliphatic heterocycles. The van der Waals surface area contributed by atoms with Crippen LogP contribution >= 0.6 is 11.3 Å². The first-order chi connectivity index (χ1) is 5.81. The third-order valence-corrected chi connectivity index (χ3v) is 3.82. The van der Waals surface area contributed by atoms with Crippen molar-refractivity contribution in [3.8, 4) is 0 Å². The fraction of sp³-hybridized carbons (Fsp3) is 0.600. The van der Waals surface area contributed by atoms with Gasteiger partial charge in [0.1, 0.15) is 0 Å². The van der Waals surface area contributed by atoms with Gasteiger partial charge < -0.3 is 5.11 Å². The monoisotopic (exact) mass is 182 g/mol. The molecule has 1 N–H and O–H groups in total. The number of hydrogen-bond acceptors (Lipinski definition) is 2. The van der Waals surface area contributed by atoms with Gasteiger partial charge in [0.25, 0.3) is 0 Å². The molecule has 1 heterocycles. The molecule has 1 aromatic rings. The van der Waals surface area contributed by atoms with Gasteiger partial charge in [-0.05, 0) is 37.3 Å². The molecular formula is C10H14OS. The maximum atomic E-state index is 9.60. The minimum atomic E-state index is -0.222. The van der Waals surface area contributed by atoms with Crippen molar-refractivity contribution < 1.29 is 5.11 Å². The summed E-state index contributed by atoms with van der Waals surface area (Å²) in [6, 6.07) is 2.20. The quantitative estimate of drug-likeness (QED) is 0.745. The Morgan fingerprint density at radius 3 is 3.08 bits per heavy atom. The number of aliphatic hydroxyl groups is 1. The lowest BCUT2D eigenvalue weighted by Gasteiger charge is -2.02. The third kappa shape index (κ3) is 1.29. The molecule has 66 valence electrons. The summed E-state index contributed by atoms with van der Waals surface area (Å²) >= 11 is 1.80. The van der Waals surface area contributed by atoms with Gasteiger partial charge in [0.2, 0.25) is 0 Å². The normalized spacial score (nSPS) is 17.8. The fourth-order valence-corrected chi connectivity index (χ4v) is 3.04. The van der Waals surface area contributed by atoms with Crippen LogP contribution in [0.4, 0.5) is 0 Å². The van der Waals surface area contributed by atoms with Crippen molar-refractivity contribution in [3.05, 3.63) is 21.4 Å². The van der Waals surface area contributed by atoms with Crippen LogP contribution < -0.4 is 0 Å². The molecule has 1 atom stereocenters. The minimum Gasteiger partial charge on any atom is -0.388 e. The maximum absolute atomic E-state index is 9.60. The van der Waals surface area contributed by atoms with Crippen molar-refractivity contribution >= 4 is 11.3 Å². The van der Waals surface area contributed by atoms with Crippen LogP contribution in [0.3, 0.4) is 0 Å². The second-order valence-electron chi connectivity index (χ2n) is 3.37. The molecule has 0 saturated carbocycles. The van der Waals surface area contributed by atoms with Gasteiger partial charge >= 0.3 is 0 Å². The number of thiophene rings is 1. The predicted molar refractivity (Wildman–Crippen MR) is 51.6 cm³/mol. The number of hydrogen-bond donors (Lipinski definition) is 1. The number of fused-ring (bicyclic) bond motifs is 1. The van der Waals surface area contributed by atoms with E-state index in [9.17, 15) is 5.11 Å². The first-order valence-electron chi connectivity index (χ1n) is 4.60. The van der Waals surface area contributed by atoms with E-state index in [1.807, 2.05) is 6.92 Å². The van der Waals surface area contributed by atoms with Gasteiger partial charge in [-0.2, -0.15) is 0 Å². The Hall–Kier alpha value is -0.340. The van der Waals surface area contributed by atoms with Crippen LogP contribution in [0.2, 0.25) is 0 Å². The number of aryl methyl sites for hydroxylation is 2. The Morgan fingerprint density at radius 2 is 2.42 bits per heavy atom. The van der Waals surface area contributed by atoms with Gasteiger partial charge in [-0.25, -0.2) is 0 Å². The molecule has 0 amide bonds. The van der Waals surface area contributed by atoms with E-state index in [2.05, 4.69) is 6.07 Å². The second kappa shape index (κ2) is 3.19. The highest BCUT2D eigenvalue weighted by Gasteiger charge is 2.17. The van der Waals surface area contributed by atoms with Crippen LogP contribution in [0.25, 0.3) is 0 Å². The Morgan fingerprint density at radius 1 is 1.58 bits per heavy atom. The van der Waals surface area contributed by atoms with Crippen LogP contribution in [0, 0.1) is 0 Å². The predicted octanol–water partition coefficient (Wildman–Crippen LogP) is 2.68. The Labute approximate surface area is 77.0 Å². The summed E-state index contributed by atoms with van der Waals surface area (Å²) < 4.78 is 0. The van der Waals surface area contributed by atoms with Crippen LogP contribution in [0.5, 0.6) is 0 Å². The molecular weight excluding hydrogens is 168 g/mol. The zero-order valence-corrected chi connectivity index (χ0v) is 8.16. The lowest BCUT2D eigenvalue weighted by molar-refractivity contribution is 0.177. The molecule has 1 nitrogen and oxygen atoms in total. The lowest BCUT2D eigenvalue weighted by atomic mass is 10.2. The molecule has 0 bridgehead atoms. The first-order valence-corrected chi connectivity index (χ1v) is 5.42.